The second-order valence-electron chi connectivity index (χ2n) is 4.00. The first-order valence-corrected chi connectivity index (χ1v) is 7.16. The van der Waals surface area contributed by atoms with E-state index in [0.717, 1.165) is 12.8 Å². The smallest absolute Gasteiger partial charge is 0.208 e. The molecule has 0 aromatic carbocycles. The quantitative estimate of drug-likeness (QED) is 0.473. The van der Waals surface area contributed by atoms with Crippen molar-refractivity contribution in [3.05, 3.63) is 0 Å². The van der Waals surface area contributed by atoms with Crippen LogP contribution in [0, 0.1) is 5.92 Å². The summed E-state index contributed by atoms with van der Waals surface area (Å²) < 4.78 is 24.1. The Morgan fingerprint density at radius 2 is 2.07 bits per heavy atom. The fraction of sp³-hybridized carbons (Fsp3) is 1.00. The van der Waals surface area contributed by atoms with Crippen LogP contribution in [0.5, 0.6) is 0 Å². The molecular formula is C8H18N2O2S2. The molecule has 0 bridgehead atoms. The van der Waals surface area contributed by atoms with Gasteiger partial charge >= 0.3 is 0 Å². The van der Waals surface area contributed by atoms with Gasteiger partial charge in [0, 0.05) is 18.0 Å². The van der Waals surface area contributed by atoms with E-state index in [0.29, 0.717) is 18.5 Å². The molecule has 1 aliphatic carbocycles. The van der Waals surface area contributed by atoms with E-state index in [1.807, 2.05) is 6.92 Å². The lowest BCUT2D eigenvalue weighted by molar-refractivity contribution is 0.224. The summed E-state index contributed by atoms with van der Waals surface area (Å²) in [7, 11) is -3.02. The Bertz CT molecular complexity index is 271. The molecule has 2 N–H and O–H groups in total. The molecule has 0 heterocycles. The van der Waals surface area contributed by atoms with Crippen molar-refractivity contribution in [3.63, 3.8) is 0 Å². The number of hydrogen-bond donors (Lipinski definition) is 3. The van der Waals surface area contributed by atoms with Gasteiger partial charge in [0.2, 0.25) is 10.0 Å². The lowest BCUT2D eigenvalue weighted by Crippen LogP contribution is -2.47. The Kier molecular flexibility index (Phi) is 4.24. The van der Waals surface area contributed by atoms with Crippen LogP contribution in [0.15, 0.2) is 0 Å². The number of hydrogen-bond acceptors (Lipinski definition) is 4. The Morgan fingerprint density at radius 3 is 2.50 bits per heavy atom. The van der Waals surface area contributed by atoms with Gasteiger partial charge in [-0.1, -0.05) is 0 Å². The van der Waals surface area contributed by atoms with Crippen molar-refractivity contribution in [2.75, 3.05) is 12.8 Å². The molecule has 1 unspecified atom stereocenters. The van der Waals surface area contributed by atoms with Crippen LogP contribution >= 0.6 is 12.6 Å². The average Bonchev–Trinajstić information content (AvgIpc) is 1.90. The molecule has 1 aliphatic rings. The monoisotopic (exact) mass is 238 g/mol. The molecule has 1 rings (SSSR count). The van der Waals surface area contributed by atoms with Gasteiger partial charge in [-0.15, -0.1) is 0 Å². The molecule has 0 amide bonds. The molecule has 14 heavy (non-hydrogen) atoms. The van der Waals surface area contributed by atoms with Crippen LogP contribution in [0.25, 0.3) is 0 Å². The van der Waals surface area contributed by atoms with Crippen LogP contribution in [0.4, 0.5) is 0 Å². The molecule has 0 aliphatic heterocycles. The zero-order chi connectivity index (χ0) is 10.8. The SMILES string of the molecule is CC(S)N[C@H]1C[C@H](CNS(C)(=O)=O)C1. The maximum Gasteiger partial charge on any atom is 0.208 e. The van der Waals surface area contributed by atoms with Crippen molar-refractivity contribution < 1.29 is 8.42 Å². The van der Waals surface area contributed by atoms with Gasteiger partial charge in [0.15, 0.2) is 0 Å². The highest BCUT2D eigenvalue weighted by molar-refractivity contribution is 7.88. The molecule has 1 saturated carbocycles. The first kappa shape index (κ1) is 12.3. The van der Waals surface area contributed by atoms with Crippen molar-refractivity contribution in [1.82, 2.24) is 10.0 Å². The van der Waals surface area contributed by atoms with Crippen LogP contribution in [0.1, 0.15) is 19.8 Å². The lowest BCUT2D eigenvalue weighted by atomic mass is 9.80. The molecule has 0 radical (unpaired) electrons. The van der Waals surface area contributed by atoms with Crippen LogP contribution < -0.4 is 10.0 Å². The first-order valence-electron chi connectivity index (χ1n) is 4.75. The predicted octanol–water partition coefficient (Wildman–Crippen LogP) is 0.180. The maximum atomic E-state index is 10.8. The Hall–Kier alpha value is 0.220. The van der Waals surface area contributed by atoms with E-state index in [4.69, 9.17) is 0 Å². The highest BCUT2D eigenvalue weighted by Gasteiger charge is 2.29. The van der Waals surface area contributed by atoms with E-state index in [1.54, 1.807) is 0 Å². The maximum absolute atomic E-state index is 10.8. The van der Waals surface area contributed by atoms with E-state index in [-0.39, 0.29) is 5.37 Å². The molecule has 0 spiro atoms. The van der Waals surface area contributed by atoms with Crippen molar-refractivity contribution in [2.45, 2.75) is 31.2 Å². The van der Waals surface area contributed by atoms with Crippen molar-refractivity contribution in [2.24, 2.45) is 5.92 Å². The summed E-state index contributed by atoms with van der Waals surface area (Å²) in [6, 6.07) is 0.508. The van der Waals surface area contributed by atoms with Crippen molar-refractivity contribution >= 4 is 22.7 Å². The van der Waals surface area contributed by atoms with Crippen LogP contribution in [-0.2, 0) is 10.0 Å². The van der Waals surface area contributed by atoms with Gasteiger partial charge in [-0.3, -0.25) is 0 Å². The molecule has 84 valence electrons. The number of sulfonamides is 1. The fourth-order valence-electron chi connectivity index (χ4n) is 1.65. The highest BCUT2D eigenvalue weighted by atomic mass is 32.2. The molecule has 0 saturated heterocycles. The summed E-state index contributed by atoms with van der Waals surface area (Å²) >= 11 is 4.23. The summed E-state index contributed by atoms with van der Waals surface area (Å²) in [5.74, 6) is 0.481. The van der Waals surface area contributed by atoms with Crippen LogP contribution in [0.2, 0.25) is 0 Å². The van der Waals surface area contributed by atoms with E-state index in [2.05, 4.69) is 22.7 Å². The lowest BCUT2D eigenvalue weighted by Gasteiger charge is -2.37. The van der Waals surface area contributed by atoms with E-state index in [1.165, 1.54) is 6.26 Å². The minimum atomic E-state index is -3.02. The van der Waals surface area contributed by atoms with E-state index < -0.39 is 10.0 Å². The zero-order valence-corrected chi connectivity index (χ0v) is 10.2. The standard InChI is InChI=1S/C8H18N2O2S2/c1-6(13)10-8-3-7(4-8)5-9-14(2,11)12/h6-10,13H,3-5H2,1-2H3/t6?,7-,8-. The third-order valence-electron chi connectivity index (χ3n) is 2.35. The van der Waals surface area contributed by atoms with Crippen molar-refractivity contribution in [3.8, 4) is 0 Å². The molecule has 4 nitrogen and oxygen atoms in total. The topological polar surface area (TPSA) is 58.2 Å². The van der Waals surface area contributed by atoms with Gasteiger partial charge in [0.25, 0.3) is 0 Å². The Labute approximate surface area is 91.3 Å². The van der Waals surface area contributed by atoms with Crippen LogP contribution in [-0.4, -0.2) is 32.6 Å². The fourth-order valence-corrected chi connectivity index (χ4v) is 2.40. The third-order valence-corrected chi connectivity index (χ3v) is 3.19. The molecule has 1 fully saturated rings. The zero-order valence-electron chi connectivity index (χ0n) is 8.53. The highest BCUT2D eigenvalue weighted by Crippen LogP contribution is 2.27. The summed E-state index contributed by atoms with van der Waals surface area (Å²) in [6.07, 6.45) is 3.26. The average molecular weight is 238 g/mol. The first-order chi connectivity index (χ1) is 6.37. The number of thiol groups is 1. The Morgan fingerprint density at radius 1 is 1.50 bits per heavy atom. The summed E-state index contributed by atoms with van der Waals surface area (Å²) in [6.45, 7) is 2.56. The van der Waals surface area contributed by atoms with E-state index >= 15 is 0 Å². The van der Waals surface area contributed by atoms with Gasteiger partial charge in [-0.25, -0.2) is 13.1 Å². The van der Waals surface area contributed by atoms with Gasteiger partial charge in [-0.05, 0) is 25.7 Å². The van der Waals surface area contributed by atoms with E-state index in [9.17, 15) is 8.42 Å². The second-order valence-corrected chi connectivity index (χ2v) is 6.61. The summed E-state index contributed by atoms with van der Waals surface area (Å²) in [5.41, 5.74) is 0. The van der Waals surface area contributed by atoms with Crippen molar-refractivity contribution in [1.29, 1.82) is 0 Å². The molecule has 6 heteroatoms. The third kappa shape index (κ3) is 4.63. The van der Waals surface area contributed by atoms with Gasteiger partial charge in [-0.2, -0.15) is 12.6 Å². The van der Waals surface area contributed by atoms with Gasteiger partial charge < -0.3 is 5.32 Å². The van der Waals surface area contributed by atoms with Gasteiger partial charge in [0.05, 0.1) is 6.26 Å². The minimum Gasteiger partial charge on any atom is -0.303 e. The molecule has 0 aromatic heterocycles. The largest absolute Gasteiger partial charge is 0.303 e. The number of rotatable bonds is 5. The summed E-state index contributed by atoms with van der Waals surface area (Å²) in [4.78, 5) is 0. The van der Waals surface area contributed by atoms with Gasteiger partial charge in [0.1, 0.15) is 0 Å². The molecular weight excluding hydrogens is 220 g/mol. The normalized spacial score (nSPS) is 29.6. The molecule has 1 atom stereocenters. The number of nitrogens with one attached hydrogen (secondary N) is 2. The second kappa shape index (κ2) is 4.83. The predicted molar refractivity (Wildman–Crippen MR) is 60.9 cm³/mol. The summed E-state index contributed by atoms with van der Waals surface area (Å²) in [5, 5.41) is 3.51. The Balaban J connectivity index is 2.10. The molecule has 0 aromatic rings. The van der Waals surface area contributed by atoms with Crippen LogP contribution in [0.3, 0.4) is 0 Å². The minimum absolute atomic E-state index is 0.212.